The molecular weight excluding hydrogens is 447 g/mol. The van der Waals surface area contributed by atoms with Gasteiger partial charge < -0.3 is 8.98 Å². The first-order chi connectivity index (χ1) is 17.0. The normalized spacial score (nSPS) is 13.2. The third kappa shape index (κ3) is 3.65. The van der Waals surface area contributed by atoms with Crippen LogP contribution in [-0.2, 0) is 7.05 Å². The molecule has 0 unspecified atom stereocenters. The smallest absolute Gasteiger partial charge is 0.246 e. The highest BCUT2D eigenvalue weighted by Gasteiger charge is 2.27. The largest absolute Gasteiger partial charge is 0.432 e. The fraction of sp³-hybridized carbons (Fsp3) is 0.154. The van der Waals surface area contributed by atoms with E-state index in [4.69, 9.17) is 9.40 Å². The number of oxazole rings is 1. The highest BCUT2D eigenvalue weighted by molar-refractivity contribution is 5.86. The van der Waals surface area contributed by atoms with Gasteiger partial charge >= 0.3 is 0 Å². The Kier molecular flexibility index (Phi) is 4.74. The van der Waals surface area contributed by atoms with Gasteiger partial charge in [0, 0.05) is 29.8 Å². The predicted octanol–water partition coefficient (Wildman–Crippen LogP) is 5.05. The quantitative estimate of drug-likeness (QED) is 0.335. The van der Waals surface area contributed by atoms with Crippen molar-refractivity contribution in [2.45, 2.75) is 18.8 Å². The molecular formula is C26H17FN6O2. The monoisotopic (exact) mass is 464 g/mol. The van der Waals surface area contributed by atoms with Crippen molar-refractivity contribution >= 4 is 17.4 Å². The Bertz CT molecular complexity index is 1680. The molecule has 1 aliphatic carbocycles. The summed E-state index contributed by atoms with van der Waals surface area (Å²) in [6.07, 6.45) is 4.24. The molecule has 0 spiro atoms. The van der Waals surface area contributed by atoms with E-state index in [1.807, 2.05) is 25.2 Å². The molecule has 3 aromatic heterocycles. The molecule has 0 radical (unpaired) electrons. The molecule has 1 aliphatic rings. The summed E-state index contributed by atoms with van der Waals surface area (Å²) in [5, 5.41) is 17.7. The number of carbonyl (C=O) groups excluding carboxylic acids is 1. The van der Waals surface area contributed by atoms with Gasteiger partial charge in [-0.25, -0.2) is 14.4 Å². The predicted molar refractivity (Wildman–Crippen MR) is 125 cm³/mol. The first kappa shape index (κ1) is 20.9. The van der Waals surface area contributed by atoms with Crippen molar-refractivity contribution in [3.63, 3.8) is 0 Å². The molecule has 170 valence electrons. The number of aromatic nitrogens is 5. The minimum Gasteiger partial charge on any atom is -0.432 e. The topological polar surface area (TPSA) is 110 Å². The minimum absolute atomic E-state index is 0.0241. The lowest BCUT2D eigenvalue weighted by Gasteiger charge is -2.12. The average molecular weight is 464 g/mol. The molecule has 0 amide bonds. The molecule has 3 heterocycles. The summed E-state index contributed by atoms with van der Waals surface area (Å²) in [4.78, 5) is 20.3. The van der Waals surface area contributed by atoms with Crippen LogP contribution >= 0.6 is 0 Å². The molecule has 35 heavy (non-hydrogen) atoms. The zero-order valence-electron chi connectivity index (χ0n) is 18.6. The van der Waals surface area contributed by atoms with Crippen molar-refractivity contribution in [2.24, 2.45) is 7.05 Å². The van der Waals surface area contributed by atoms with Gasteiger partial charge in [0.05, 0.1) is 11.6 Å². The van der Waals surface area contributed by atoms with Crippen LogP contribution in [0.1, 0.15) is 40.4 Å². The Morgan fingerprint density at radius 3 is 2.71 bits per heavy atom. The van der Waals surface area contributed by atoms with Crippen LogP contribution in [0.3, 0.4) is 0 Å². The number of fused-ring (bicyclic) bond motifs is 1. The van der Waals surface area contributed by atoms with Crippen molar-refractivity contribution in [3.8, 4) is 40.2 Å². The summed E-state index contributed by atoms with van der Waals surface area (Å²) in [6.45, 7) is 0. The van der Waals surface area contributed by atoms with Crippen LogP contribution in [0.2, 0.25) is 0 Å². The number of aldehydes is 1. The summed E-state index contributed by atoms with van der Waals surface area (Å²) in [5.74, 6) is 0.458. The van der Waals surface area contributed by atoms with Gasteiger partial charge in [-0.2, -0.15) is 5.26 Å². The van der Waals surface area contributed by atoms with E-state index < -0.39 is 5.82 Å². The highest BCUT2D eigenvalue weighted by atomic mass is 19.1. The number of aryl methyl sites for hydroxylation is 1. The van der Waals surface area contributed by atoms with E-state index in [1.165, 1.54) is 6.07 Å². The van der Waals surface area contributed by atoms with E-state index in [-0.39, 0.29) is 22.6 Å². The molecule has 0 saturated heterocycles. The first-order valence-electron chi connectivity index (χ1n) is 11.0. The fourth-order valence-corrected chi connectivity index (χ4v) is 4.17. The molecule has 1 saturated carbocycles. The fourth-order valence-electron chi connectivity index (χ4n) is 4.17. The molecule has 9 heteroatoms. The Morgan fingerprint density at radius 1 is 1.14 bits per heavy atom. The summed E-state index contributed by atoms with van der Waals surface area (Å²) in [5.41, 5.74) is 4.70. The Hall–Kier alpha value is -4.71. The van der Waals surface area contributed by atoms with Gasteiger partial charge in [-0.15, -0.1) is 10.2 Å². The van der Waals surface area contributed by atoms with Crippen molar-refractivity contribution < 1.29 is 13.6 Å². The lowest BCUT2D eigenvalue weighted by Crippen LogP contribution is -1.97. The van der Waals surface area contributed by atoms with E-state index in [9.17, 15) is 14.4 Å². The standard InChI is InChI=1S/C26H17FN6O2/c1-33-13-29-32-25(33)19-6-14(11-28)2-5-18(19)17-9-21(16-3-4-16)30-23(10-17)26-31-22-8-15(12-34)7-20(27)24(22)35-26/h2,5-10,12-13,16H,3-4H2,1H3. The lowest BCUT2D eigenvalue weighted by molar-refractivity contribution is 0.112. The molecule has 0 N–H and O–H groups in total. The van der Waals surface area contributed by atoms with E-state index in [1.54, 1.807) is 23.0 Å². The van der Waals surface area contributed by atoms with Gasteiger partial charge in [0.1, 0.15) is 23.8 Å². The van der Waals surface area contributed by atoms with E-state index in [2.05, 4.69) is 21.3 Å². The van der Waals surface area contributed by atoms with Crippen LogP contribution in [0.5, 0.6) is 0 Å². The number of nitrogens with zero attached hydrogens (tertiary/aromatic N) is 6. The van der Waals surface area contributed by atoms with Crippen LogP contribution in [0.25, 0.3) is 45.2 Å². The van der Waals surface area contributed by atoms with Gasteiger partial charge in [0.2, 0.25) is 5.89 Å². The second kappa shape index (κ2) is 7.95. The third-order valence-electron chi connectivity index (χ3n) is 6.08. The lowest BCUT2D eigenvalue weighted by atomic mass is 9.96. The van der Waals surface area contributed by atoms with Crippen LogP contribution in [0, 0.1) is 17.1 Å². The molecule has 0 atom stereocenters. The number of benzene rings is 2. The number of halogens is 1. The molecule has 6 rings (SSSR count). The second-order valence-electron chi connectivity index (χ2n) is 8.57. The van der Waals surface area contributed by atoms with Gasteiger partial charge in [-0.3, -0.25) is 4.79 Å². The van der Waals surface area contributed by atoms with Gasteiger partial charge in [-0.05, 0) is 60.4 Å². The third-order valence-corrected chi connectivity index (χ3v) is 6.08. The van der Waals surface area contributed by atoms with Crippen molar-refractivity contribution in [1.29, 1.82) is 5.26 Å². The van der Waals surface area contributed by atoms with Crippen LogP contribution in [0.15, 0.2) is 53.2 Å². The van der Waals surface area contributed by atoms with E-state index in [0.717, 1.165) is 41.3 Å². The summed E-state index contributed by atoms with van der Waals surface area (Å²) in [6, 6.07) is 14.0. The Balaban J connectivity index is 1.56. The highest BCUT2D eigenvalue weighted by Crippen LogP contribution is 2.42. The molecule has 1 fully saturated rings. The summed E-state index contributed by atoms with van der Waals surface area (Å²) >= 11 is 0. The Morgan fingerprint density at radius 2 is 2.00 bits per heavy atom. The second-order valence-corrected chi connectivity index (χ2v) is 8.57. The van der Waals surface area contributed by atoms with Gasteiger partial charge in [-0.1, -0.05) is 6.07 Å². The molecule has 0 bridgehead atoms. The molecule has 0 aliphatic heterocycles. The number of rotatable bonds is 5. The Labute approximate surface area is 198 Å². The zero-order chi connectivity index (χ0) is 24.1. The molecule has 8 nitrogen and oxygen atoms in total. The molecule has 2 aromatic carbocycles. The summed E-state index contributed by atoms with van der Waals surface area (Å²) < 4.78 is 22.0. The SMILES string of the molecule is Cn1cnnc1-c1cc(C#N)ccc1-c1cc(-c2nc3cc(C=O)cc(F)c3o2)nc(C2CC2)c1. The van der Waals surface area contributed by atoms with Crippen LogP contribution < -0.4 is 0 Å². The maximum Gasteiger partial charge on any atom is 0.246 e. The van der Waals surface area contributed by atoms with Gasteiger partial charge in [0.25, 0.3) is 0 Å². The number of pyridine rings is 1. The number of hydrogen-bond acceptors (Lipinski definition) is 7. The minimum atomic E-state index is -0.654. The van der Waals surface area contributed by atoms with Crippen molar-refractivity contribution in [1.82, 2.24) is 24.7 Å². The first-order valence-corrected chi connectivity index (χ1v) is 11.0. The van der Waals surface area contributed by atoms with E-state index in [0.29, 0.717) is 29.3 Å². The summed E-state index contributed by atoms with van der Waals surface area (Å²) in [7, 11) is 1.84. The maximum absolute atomic E-state index is 14.5. The number of nitriles is 1. The maximum atomic E-state index is 14.5. The van der Waals surface area contributed by atoms with Crippen LogP contribution in [0.4, 0.5) is 4.39 Å². The number of hydrogen-bond donors (Lipinski definition) is 0. The average Bonchev–Trinajstić information content (AvgIpc) is 3.50. The van der Waals surface area contributed by atoms with E-state index >= 15 is 0 Å². The zero-order valence-corrected chi connectivity index (χ0v) is 18.6. The van der Waals surface area contributed by atoms with Crippen LogP contribution in [-0.4, -0.2) is 31.0 Å². The van der Waals surface area contributed by atoms with Crippen molar-refractivity contribution in [2.75, 3.05) is 0 Å². The number of carbonyl (C=O) groups is 1. The van der Waals surface area contributed by atoms with Gasteiger partial charge in [0.15, 0.2) is 17.2 Å². The molecule has 5 aromatic rings. The van der Waals surface area contributed by atoms with Crippen molar-refractivity contribution in [3.05, 3.63) is 71.4 Å².